The van der Waals surface area contributed by atoms with E-state index in [-0.39, 0.29) is 35.6 Å². The standard InChI is InChI=1S/C21H29FN4O2/c1-13(20(27)24-17-4-2-3-16(22)12-17)25-7-9-26(10-8-25)21(28)18-14-5-6-15(11-14)19(18)23/h2-4,12-15,18-19H,5-11,23H2,1H3,(H,24,27). The first-order chi connectivity index (χ1) is 13.4. The highest BCUT2D eigenvalue weighted by Crippen LogP contribution is 2.48. The number of nitrogens with zero attached hydrogens (tertiary/aromatic N) is 2. The fraction of sp³-hybridized carbons (Fsp3) is 0.619. The summed E-state index contributed by atoms with van der Waals surface area (Å²) >= 11 is 0. The van der Waals surface area contributed by atoms with Gasteiger partial charge in [0, 0.05) is 37.9 Å². The first-order valence-corrected chi connectivity index (χ1v) is 10.3. The average Bonchev–Trinajstić information content (AvgIpc) is 3.28. The summed E-state index contributed by atoms with van der Waals surface area (Å²) in [6.45, 7) is 4.39. The Morgan fingerprint density at radius 2 is 1.89 bits per heavy atom. The Morgan fingerprint density at radius 1 is 1.18 bits per heavy atom. The predicted molar refractivity (Wildman–Crippen MR) is 105 cm³/mol. The summed E-state index contributed by atoms with van der Waals surface area (Å²) in [5, 5.41) is 2.76. The molecule has 3 N–H and O–H groups in total. The van der Waals surface area contributed by atoms with Crippen LogP contribution in [0.4, 0.5) is 10.1 Å². The van der Waals surface area contributed by atoms with E-state index in [2.05, 4.69) is 10.2 Å². The SMILES string of the molecule is CC(C(=O)Nc1cccc(F)c1)N1CCN(C(=O)C2C3CCC(C3)C2N)CC1. The van der Waals surface area contributed by atoms with Crippen LogP contribution in [0.25, 0.3) is 0 Å². The van der Waals surface area contributed by atoms with Crippen LogP contribution in [-0.2, 0) is 9.59 Å². The third-order valence-electron chi connectivity index (χ3n) is 6.91. The molecule has 5 unspecified atom stereocenters. The number of benzene rings is 1. The van der Waals surface area contributed by atoms with E-state index in [0.717, 1.165) is 12.8 Å². The highest BCUT2D eigenvalue weighted by molar-refractivity contribution is 5.94. The van der Waals surface area contributed by atoms with E-state index in [4.69, 9.17) is 5.73 Å². The minimum atomic E-state index is -0.378. The Morgan fingerprint density at radius 3 is 2.54 bits per heavy atom. The number of anilines is 1. The van der Waals surface area contributed by atoms with E-state index in [9.17, 15) is 14.0 Å². The molecule has 1 heterocycles. The van der Waals surface area contributed by atoms with Gasteiger partial charge in [-0.25, -0.2) is 4.39 Å². The Bertz CT molecular complexity index is 748. The van der Waals surface area contributed by atoms with Crippen LogP contribution in [0, 0.1) is 23.6 Å². The molecule has 2 bridgehead atoms. The van der Waals surface area contributed by atoms with Crippen molar-refractivity contribution in [2.75, 3.05) is 31.5 Å². The van der Waals surface area contributed by atoms with Gasteiger partial charge in [0.05, 0.1) is 12.0 Å². The first-order valence-electron chi connectivity index (χ1n) is 10.3. The molecule has 28 heavy (non-hydrogen) atoms. The van der Waals surface area contributed by atoms with Crippen molar-refractivity contribution in [2.24, 2.45) is 23.5 Å². The Kier molecular flexibility index (Phi) is 5.38. The van der Waals surface area contributed by atoms with Crippen molar-refractivity contribution in [2.45, 2.75) is 38.3 Å². The topological polar surface area (TPSA) is 78.7 Å². The highest BCUT2D eigenvalue weighted by atomic mass is 19.1. The van der Waals surface area contributed by atoms with Gasteiger partial charge in [0.15, 0.2) is 0 Å². The van der Waals surface area contributed by atoms with E-state index < -0.39 is 0 Å². The summed E-state index contributed by atoms with van der Waals surface area (Å²) in [7, 11) is 0. The number of fused-ring (bicyclic) bond motifs is 2. The van der Waals surface area contributed by atoms with Gasteiger partial charge in [0.25, 0.3) is 0 Å². The number of carbonyl (C=O) groups excluding carboxylic acids is 2. The molecule has 4 rings (SSSR count). The second-order valence-corrected chi connectivity index (χ2v) is 8.47. The van der Waals surface area contributed by atoms with Crippen LogP contribution in [0.1, 0.15) is 26.2 Å². The van der Waals surface area contributed by atoms with Gasteiger partial charge in [-0.3, -0.25) is 14.5 Å². The van der Waals surface area contributed by atoms with E-state index >= 15 is 0 Å². The zero-order valence-electron chi connectivity index (χ0n) is 16.3. The third kappa shape index (κ3) is 3.65. The number of piperazine rings is 1. The van der Waals surface area contributed by atoms with Gasteiger partial charge in [-0.1, -0.05) is 6.07 Å². The summed E-state index contributed by atoms with van der Waals surface area (Å²) in [6.07, 6.45) is 3.40. The summed E-state index contributed by atoms with van der Waals surface area (Å²) in [5.74, 6) is 0.625. The molecule has 1 aromatic carbocycles. The van der Waals surface area contributed by atoms with Gasteiger partial charge >= 0.3 is 0 Å². The van der Waals surface area contributed by atoms with Crippen LogP contribution in [0.15, 0.2) is 24.3 Å². The predicted octanol–water partition coefficient (Wildman–Crippen LogP) is 1.67. The van der Waals surface area contributed by atoms with Gasteiger partial charge in [0.2, 0.25) is 11.8 Å². The molecular formula is C21H29FN4O2. The fourth-order valence-electron chi connectivity index (χ4n) is 5.22. The van der Waals surface area contributed by atoms with Gasteiger partial charge in [-0.2, -0.15) is 0 Å². The number of nitrogens with one attached hydrogen (secondary N) is 1. The van der Waals surface area contributed by atoms with Crippen LogP contribution < -0.4 is 11.1 Å². The molecule has 2 saturated carbocycles. The molecule has 2 amide bonds. The number of carbonyl (C=O) groups is 2. The molecule has 3 fully saturated rings. The second-order valence-electron chi connectivity index (χ2n) is 8.47. The highest BCUT2D eigenvalue weighted by Gasteiger charge is 2.50. The Hall–Kier alpha value is -1.99. The molecule has 2 aliphatic carbocycles. The van der Waals surface area contributed by atoms with Crippen molar-refractivity contribution in [1.29, 1.82) is 0 Å². The van der Waals surface area contributed by atoms with E-state index in [0.29, 0.717) is 43.7 Å². The minimum Gasteiger partial charge on any atom is -0.340 e. The van der Waals surface area contributed by atoms with Gasteiger partial charge < -0.3 is 16.0 Å². The van der Waals surface area contributed by atoms with Crippen molar-refractivity contribution in [3.8, 4) is 0 Å². The first kappa shape index (κ1) is 19.3. The number of hydrogen-bond donors (Lipinski definition) is 2. The van der Waals surface area contributed by atoms with Gasteiger partial charge in [0.1, 0.15) is 5.82 Å². The Labute approximate surface area is 165 Å². The molecule has 5 atom stereocenters. The van der Waals surface area contributed by atoms with Crippen molar-refractivity contribution in [1.82, 2.24) is 9.80 Å². The lowest BCUT2D eigenvalue weighted by Gasteiger charge is -2.40. The molecule has 152 valence electrons. The van der Waals surface area contributed by atoms with E-state index in [1.807, 2.05) is 11.8 Å². The maximum absolute atomic E-state index is 13.3. The molecule has 1 aliphatic heterocycles. The second kappa shape index (κ2) is 7.79. The maximum atomic E-state index is 13.3. The smallest absolute Gasteiger partial charge is 0.241 e. The minimum absolute atomic E-state index is 0.0141. The van der Waals surface area contributed by atoms with Gasteiger partial charge in [-0.15, -0.1) is 0 Å². The molecule has 3 aliphatic rings. The van der Waals surface area contributed by atoms with Crippen LogP contribution in [-0.4, -0.2) is 59.9 Å². The van der Waals surface area contributed by atoms with Crippen LogP contribution in [0.2, 0.25) is 0 Å². The summed E-state index contributed by atoms with van der Waals surface area (Å²) in [6, 6.07) is 5.56. The summed E-state index contributed by atoms with van der Waals surface area (Å²) in [4.78, 5) is 29.5. The number of halogens is 1. The molecule has 0 aromatic heterocycles. The summed E-state index contributed by atoms with van der Waals surface area (Å²) < 4.78 is 13.3. The molecule has 0 spiro atoms. The van der Waals surface area contributed by atoms with Crippen LogP contribution in [0.5, 0.6) is 0 Å². The van der Waals surface area contributed by atoms with Crippen LogP contribution in [0.3, 0.4) is 0 Å². The molecule has 1 aromatic rings. The quantitative estimate of drug-likeness (QED) is 0.823. The monoisotopic (exact) mass is 388 g/mol. The zero-order valence-corrected chi connectivity index (χ0v) is 16.3. The largest absolute Gasteiger partial charge is 0.340 e. The lowest BCUT2D eigenvalue weighted by atomic mass is 9.84. The molecule has 1 saturated heterocycles. The van der Waals surface area contributed by atoms with Gasteiger partial charge in [-0.05, 0) is 56.2 Å². The third-order valence-corrected chi connectivity index (χ3v) is 6.91. The summed E-state index contributed by atoms with van der Waals surface area (Å²) in [5.41, 5.74) is 6.79. The zero-order chi connectivity index (χ0) is 19.8. The molecule has 0 radical (unpaired) electrons. The maximum Gasteiger partial charge on any atom is 0.241 e. The number of rotatable bonds is 4. The van der Waals surface area contributed by atoms with Crippen molar-refractivity contribution in [3.05, 3.63) is 30.1 Å². The molecule has 7 heteroatoms. The molecule has 6 nitrogen and oxygen atoms in total. The number of nitrogens with two attached hydrogens (primary N) is 1. The van der Waals surface area contributed by atoms with Crippen molar-refractivity contribution >= 4 is 17.5 Å². The lowest BCUT2D eigenvalue weighted by Crippen LogP contribution is -2.56. The van der Waals surface area contributed by atoms with E-state index in [1.54, 1.807) is 12.1 Å². The average molecular weight is 388 g/mol. The van der Waals surface area contributed by atoms with Crippen molar-refractivity contribution < 1.29 is 14.0 Å². The molecular weight excluding hydrogens is 359 g/mol. The fourth-order valence-corrected chi connectivity index (χ4v) is 5.22. The van der Waals surface area contributed by atoms with E-state index in [1.165, 1.54) is 18.6 Å². The van der Waals surface area contributed by atoms with Crippen molar-refractivity contribution in [3.63, 3.8) is 0 Å². The normalized spacial score (nSPS) is 31.0. The van der Waals surface area contributed by atoms with Crippen LogP contribution >= 0.6 is 0 Å². The number of amides is 2. The number of hydrogen-bond acceptors (Lipinski definition) is 4. The Balaban J connectivity index is 1.30. The lowest BCUT2D eigenvalue weighted by molar-refractivity contribution is -0.140.